The molecule has 0 saturated carbocycles. The summed E-state index contributed by atoms with van der Waals surface area (Å²) < 4.78 is 24.5. The predicted octanol–water partition coefficient (Wildman–Crippen LogP) is 1.38. The summed E-state index contributed by atoms with van der Waals surface area (Å²) in [7, 11) is -3.44. The first kappa shape index (κ1) is 19.5. The molecule has 0 saturated heterocycles. The van der Waals surface area contributed by atoms with Crippen LogP contribution in [-0.4, -0.2) is 30.2 Å². The van der Waals surface area contributed by atoms with Gasteiger partial charge in [-0.2, -0.15) is 5.10 Å². The average molecular weight is 336 g/mol. The third-order valence-electron chi connectivity index (χ3n) is 2.69. The van der Waals surface area contributed by atoms with Gasteiger partial charge in [0, 0.05) is 18.8 Å². The molecule has 21 heavy (non-hydrogen) atoms. The molecule has 1 aromatic rings. The Balaban J connectivity index is 0.00000400. The Kier molecular flexibility index (Phi) is 8.72. The zero-order chi connectivity index (χ0) is 15.0. The molecule has 0 bridgehead atoms. The van der Waals surface area contributed by atoms with E-state index < -0.39 is 9.84 Å². The summed E-state index contributed by atoms with van der Waals surface area (Å²) in [5, 5.41) is 10.8. The molecule has 0 aliphatic heterocycles. The predicted molar refractivity (Wildman–Crippen MR) is 87.5 cm³/mol. The van der Waals surface area contributed by atoms with E-state index in [1.54, 1.807) is 18.5 Å². The first-order chi connectivity index (χ1) is 9.45. The molecule has 0 aromatic carbocycles. The van der Waals surface area contributed by atoms with Crippen molar-refractivity contribution in [3.8, 4) is 0 Å². The van der Waals surface area contributed by atoms with Gasteiger partial charge in [0.15, 0.2) is 14.9 Å². The number of halogens is 1. The number of nitrogens with two attached hydrogens (primary N) is 1. The average Bonchev–Trinajstić information content (AvgIpc) is 2.87. The molecule has 5 N–H and O–H groups in total. The van der Waals surface area contributed by atoms with E-state index in [1.807, 2.05) is 6.92 Å². The quantitative estimate of drug-likeness (QED) is 0.260. The number of aromatic nitrogens is 1. The van der Waals surface area contributed by atoms with Crippen molar-refractivity contribution in [3.05, 3.63) is 24.0 Å². The van der Waals surface area contributed by atoms with Crippen molar-refractivity contribution >= 4 is 33.2 Å². The van der Waals surface area contributed by atoms with Crippen molar-refractivity contribution in [1.29, 1.82) is 5.41 Å². The number of hydrogen-bond acceptors (Lipinski definition) is 4. The molecule has 1 aromatic heterocycles. The second kappa shape index (κ2) is 9.41. The van der Waals surface area contributed by atoms with Crippen molar-refractivity contribution < 1.29 is 8.42 Å². The van der Waals surface area contributed by atoms with Gasteiger partial charge in [0.1, 0.15) is 0 Å². The molecule has 0 unspecified atom stereocenters. The van der Waals surface area contributed by atoms with Gasteiger partial charge >= 0.3 is 0 Å². The van der Waals surface area contributed by atoms with E-state index in [-0.39, 0.29) is 35.6 Å². The molecule has 120 valence electrons. The van der Waals surface area contributed by atoms with Crippen LogP contribution in [0.4, 0.5) is 0 Å². The van der Waals surface area contributed by atoms with E-state index in [0.29, 0.717) is 6.42 Å². The molecule has 0 aliphatic rings. The normalized spacial score (nSPS) is 11.8. The monoisotopic (exact) mass is 335 g/mol. The van der Waals surface area contributed by atoms with Crippen LogP contribution in [0.2, 0.25) is 0 Å². The molecule has 0 aliphatic carbocycles. The Morgan fingerprint density at radius 1 is 1.48 bits per heavy atom. The number of H-pyrrole nitrogens is 1. The lowest BCUT2D eigenvalue weighted by molar-refractivity contribution is 0.601. The van der Waals surface area contributed by atoms with Crippen molar-refractivity contribution in [2.75, 3.05) is 5.75 Å². The Hall–Kier alpha value is -1.54. The minimum Gasteiger partial charge on any atom is -0.369 e. The summed E-state index contributed by atoms with van der Waals surface area (Å²) in [6, 6.07) is 1.78. The highest BCUT2D eigenvalue weighted by Crippen LogP contribution is 2.08. The van der Waals surface area contributed by atoms with Gasteiger partial charge in [0.05, 0.1) is 5.75 Å². The summed E-state index contributed by atoms with van der Waals surface area (Å²) in [6.07, 6.45) is 6.02. The van der Waals surface area contributed by atoms with Gasteiger partial charge in [0.25, 0.3) is 0 Å². The highest BCUT2D eigenvalue weighted by atomic mass is 35.5. The van der Waals surface area contributed by atoms with Crippen LogP contribution in [0, 0.1) is 5.41 Å². The Morgan fingerprint density at radius 2 is 2.19 bits per heavy atom. The third kappa shape index (κ3) is 7.14. The van der Waals surface area contributed by atoms with E-state index in [1.165, 1.54) is 0 Å². The smallest absolute Gasteiger partial charge is 0.206 e. The molecule has 0 amide bonds. The molecule has 1 heterocycles. The van der Waals surface area contributed by atoms with Gasteiger partial charge in [-0.3, -0.25) is 5.41 Å². The van der Waals surface area contributed by atoms with Crippen LogP contribution >= 0.6 is 12.4 Å². The van der Waals surface area contributed by atoms with Gasteiger partial charge < -0.3 is 10.7 Å². The summed E-state index contributed by atoms with van der Waals surface area (Å²) in [6.45, 7) is 2.01. The van der Waals surface area contributed by atoms with Crippen LogP contribution in [0.15, 0.2) is 23.6 Å². The number of aromatic amines is 1. The van der Waals surface area contributed by atoms with Crippen LogP contribution in [0.25, 0.3) is 0 Å². The summed E-state index contributed by atoms with van der Waals surface area (Å²) in [4.78, 5) is 2.87. The minimum absolute atomic E-state index is 0. The van der Waals surface area contributed by atoms with E-state index in [9.17, 15) is 8.42 Å². The fraction of sp³-hybridized carbons (Fsp3) is 0.500. The van der Waals surface area contributed by atoms with Gasteiger partial charge in [-0.05, 0) is 18.1 Å². The lowest BCUT2D eigenvalue weighted by Gasteiger charge is -2.08. The van der Waals surface area contributed by atoms with Crippen LogP contribution in [0.3, 0.4) is 0 Å². The molecular formula is C12H22ClN5O2S. The van der Waals surface area contributed by atoms with Crippen molar-refractivity contribution in [1.82, 2.24) is 10.4 Å². The SMILES string of the molecule is CCCCCS(=O)(=O)C(Cc1cc[nH]c1)=NNC(=N)N.Cl. The standard InChI is InChI=1S/C12H21N5O2S.ClH/c1-2-3-4-7-20(18,19)11(16-17-12(13)14)8-10-5-6-15-9-10;/h5-6,9,15H,2-4,7-8H2,1H3,(H4,13,14,17);1H. The zero-order valence-electron chi connectivity index (χ0n) is 11.9. The fourth-order valence-corrected chi connectivity index (χ4v) is 3.04. The highest BCUT2D eigenvalue weighted by Gasteiger charge is 2.20. The number of guanidine groups is 1. The van der Waals surface area contributed by atoms with Crippen LogP contribution < -0.4 is 11.2 Å². The largest absolute Gasteiger partial charge is 0.369 e. The van der Waals surface area contributed by atoms with Gasteiger partial charge in [-0.25, -0.2) is 13.8 Å². The first-order valence-corrected chi connectivity index (χ1v) is 8.12. The number of nitrogens with one attached hydrogen (secondary N) is 3. The molecule has 9 heteroatoms. The van der Waals surface area contributed by atoms with Crippen LogP contribution in [0.1, 0.15) is 31.7 Å². The molecule has 0 spiro atoms. The van der Waals surface area contributed by atoms with E-state index in [0.717, 1.165) is 18.4 Å². The molecule has 7 nitrogen and oxygen atoms in total. The van der Waals surface area contributed by atoms with Gasteiger partial charge in [-0.1, -0.05) is 19.8 Å². The maximum atomic E-state index is 12.3. The topological polar surface area (TPSA) is 124 Å². The molecule has 0 radical (unpaired) electrons. The first-order valence-electron chi connectivity index (χ1n) is 6.46. The van der Waals surface area contributed by atoms with Crippen molar-refractivity contribution in [3.63, 3.8) is 0 Å². The van der Waals surface area contributed by atoms with E-state index in [2.05, 4.69) is 15.5 Å². The lowest BCUT2D eigenvalue weighted by atomic mass is 10.3. The number of sulfone groups is 1. The second-order valence-corrected chi connectivity index (χ2v) is 6.56. The summed E-state index contributed by atoms with van der Waals surface area (Å²) in [5.74, 6) is -0.329. The maximum absolute atomic E-state index is 12.3. The number of nitrogens with zero attached hydrogens (tertiary/aromatic N) is 1. The number of unbranched alkanes of at least 4 members (excludes halogenated alkanes) is 2. The fourth-order valence-electron chi connectivity index (χ4n) is 1.64. The second-order valence-electron chi connectivity index (χ2n) is 4.45. The number of hydrazone groups is 1. The maximum Gasteiger partial charge on any atom is 0.206 e. The minimum atomic E-state index is -3.44. The summed E-state index contributed by atoms with van der Waals surface area (Å²) >= 11 is 0. The lowest BCUT2D eigenvalue weighted by Crippen LogP contribution is -2.30. The van der Waals surface area contributed by atoms with Crippen LogP contribution in [-0.2, 0) is 16.3 Å². The number of hydrogen-bond donors (Lipinski definition) is 4. The van der Waals surface area contributed by atoms with Gasteiger partial charge in [-0.15, -0.1) is 12.4 Å². The highest BCUT2D eigenvalue weighted by molar-refractivity contribution is 8.06. The number of rotatable bonds is 7. The van der Waals surface area contributed by atoms with E-state index >= 15 is 0 Å². The third-order valence-corrected chi connectivity index (χ3v) is 4.47. The summed E-state index contributed by atoms with van der Waals surface area (Å²) in [5.41, 5.74) is 8.17. The Bertz CT molecular complexity index is 554. The zero-order valence-corrected chi connectivity index (χ0v) is 13.6. The molecule has 0 fully saturated rings. The molecule has 0 atom stereocenters. The van der Waals surface area contributed by atoms with Crippen molar-refractivity contribution in [2.24, 2.45) is 10.8 Å². The molecule has 1 rings (SSSR count). The molecular weight excluding hydrogens is 314 g/mol. The Morgan fingerprint density at radius 3 is 2.71 bits per heavy atom. The van der Waals surface area contributed by atoms with Crippen LogP contribution in [0.5, 0.6) is 0 Å². The van der Waals surface area contributed by atoms with Gasteiger partial charge in [0.2, 0.25) is 5.96 Å². The van der Waals surface area contributed by atoms with E-state index in [4.69, 9.17) is 11.1 Å². The van der Waals surface area contributed by atoms with Crippen molar-refractivity contribution in [2.45, 2.75) is 32.6 Å². The Labute approximate surface area is 131 Å².